The highest BCUT2D eigenvalue weighted by atomic mass is 16.5. The molecule has 2 aromatic rings. The third-order valence-electron chi connectivity index (χ3n) is 11.1. The number of rotatable bonds is 15. The molecule has 0 radical (unpaired) electrons. The van der Waals surface area contributed by atoms with E-state index in [4.69, 9.17) is 14.2 Å². The second-order valence-electron chi connectivity index (χ2n) is 13.7. The summed E-state index contributed by atoms with van der Waals surface area (Å²) in [6.45, 7) is 18.2. The molecule has 10 nitrogen and oxygen atoms in total. The van der Waals surface area contributed by atoms with Crippen LogP contribution in [-0.2, 0) is 19.1 Å². The molecule has 49 heavy (non-hydrogen) atoms. The van der Waals surface area contributed by atoms with Gasteiger partial charge in [-0.3, -0.25) is 14.4 Å². The Hall–Kier alpha value is -4.15. The second-order valence-corrected chi connectivity index (χ2v) is 13.7. The fourth-order valence-electron chi connectivity index (χ4n) is 8.37. The van der Waals surface area contributed by atoms with E-state index in [0.717, 1.165) is 0 Å². The van der Waals surface area contributed by atoms with Crippen LogP contribution >= 0.6 is 0 Å². The number of methoxy groups -OCH3 is 1. The average molecular weight is 674 g/mol. The smallest absolute Gasteiger partial charge is 0.253 e. The molecule has 0 saturated carbocycles. The van der Waals surface area contributed by atoms with E-state index >= 15 is 9.59 Å². The first-order valence-corrected chi connectivity index (χ1v) is 17.3. The van der Waals surface area contributed by atoms with Crippen LogP contribution in [0.2, 0.25) is 0 Å². The zero-order chi connectivity index (χ0) is 35.7. The first-order valence-electron chi connectivity index (χ1n) is 17.3. The van der Waals surface area contributed by atoms with Gasteiger partial charge in [0.25, 0.3) is 5.91 Å². The Kier molecular flexibility index (Phi) is 10.6. The summed E-state index contributed by atoms with van der Waals surface area (Å²) in [5.74, 6) is -1.75. The van der Waals surface area contributed by atoms with Gasteiger partial charge in [-0.15, -0.1) is 13.2 Å². The lowest BCUT2D eigenvalue weighted by Crippen LogP contribution is -2.60. The lowest BCUT2D eigenvalue weighted by Gasteiger charge is -2.41. The van der Waals surface area contributed by atoms with Gasteiger partial charge < -0.3 is 34.0 Å². The number of hydrogen-bond acceptors (Lipinski definition) is 7. The number of benzene rings is 2. The molecule has 0 aliphatic carbocycles. The second kappa shape index (κ2) is 14.4. The molecule has 3 heterocycles. The van der Waals surface area contributed by atoms with Crippen molar-refractivity contribution in [3.63, 3.8) is 0 Å². The molecule has 0 aromatic heterocycles. The molecule has 264 valence electrons. The van der Waals surface area contributed by atoms with Crippen LogP contribution < -0.4 is 19.3 Å². The summed E-state index contributed by atoms with van der Waals surface area (Å²) in [4.78, 5) is 49.9. The van der Waals surface area contributed by atoms with Crippen LogP contribution in [0.15, 0.2) is 73.8 Å². The number of anilines is 2. The Labute approximate surface area is 290 Å². The van der Waals surface area contributed by atoms with Crippen molar-refractivity contribution in [3.8, 4) is 11.5 Å². The van der Waals surface area contributed by atoms with Gasteiger partial charge in [-0.2, -0.15) is 0 Å². The predicted octanol–water partition coefficient (Wildman–Crippen LogP) is 5.25. The van der Waals surface area contributed by atoms with E-state index < -0.39 is 35.1 Å². The molecule has 1 spiro atoms. The van der Waals surface area contributed by atoms with E-state index in [-0.39, 0.29) is 49.3 Å². The van der Waals surface area contributed by atoms with Crippen molar-refractivity contribution in [1.29, 1.82) is 0 Å². The van der Waals surface area contributed by atoms with Crippen molar-refractivity contribution in [3.05, 3.63) is 73.8 Å². The van der Waals surface area contributed by atoms with E-state index in [2.05, 4.69) is 13.2 Å². The fraction of sp³-hybridized carbons (Fsp3) is 0.513. The highest BCUT2D eigenvalue weighted by Gasteiger charge is 2.80. The summed E-state index contributed by atoms with van der Waals surface area (Å²) < 4.78 is 18.0. The van der Waals surface area contributed by atoms with E-state index in [1.807, 2.05) is 58.9 Å². The van der Waals surface area contributed by atoms with Crippen molar-refractivity contribution >= 4 is 29.1 Å². The summed E-state index contributed by atoms with van der Waals surface area (Å²) in [6, 6.07) is 12.7. The number of fused-ring (bicyclic) bond motifs is 1. The molecule has 3 saturated heterocycles. The zero-order valence-electron chi connectivity index (χ0n) is 29.6. The number of aliphatic hydroxyl groups is 1. The summed E-state index contributed by atoms with van der Waals surface area (Å²) in [6.07, 6.45) is 4.38. The highest BCUT2D eigenvalue weighted by molar-refractivity contribution is 6.07. The average Bonchev–Trinajstić information content (AvgIpc) is 3.62. The maximum atomic E-state index is 15.1. The lowest BCUT2D eigenvalue weighted by molar-refractivity contribution is -0.150. The van der Waals surface area contributed by atoms with E-state index in [1.165, 1.54) is 0 Å². The quantitative estimate of drug-likeness (QED) is 0.258. The molecule has 3 fully saturated rings. The van der Waals surface area contributed by atoms with Gasteiger partial charge in [0.2, 0.25) is 11.8 Å². The largest absolute Gasteiger partial charge is 0.497 e. The SMILES string of the molecule is C=CCN(C(=O)C1N([C@@H](CO)[C@@H](C)CC)C(=O)[C@@H]2[C@H](C(=O)N(CC=C)c3ccc(OCC)cc3)[C@@]3(C)OC12CC3C)c1ccc(OC)cc1. The third kappa shape index (κ3) is 5.93. The minimum Gasteiger partial charge on any atom is -0.497 e. The Morgan fingerprint density at radius 3 is 2.06 bits per heavy atom. The van der Waals surface area contributed by atoms with Crippen LogP contribution in [0.1, 0.15) is 47.5 Å². The van der Waals surface area contributed by atoms with Crippen molar-refractivity contribution in [2.45, 2.75) is 70.7 Å². The molecule has 10 heteroatoms. The number of amides is 3. The summed E-state index contributed by atoms with van der Waals surface area (Å²) >= 11 is 0. The van der Waals surface area contributed by atoms with Crippen molar-refractivity contribution < 1.29 is 33.7 Å². The molecule has 3 aliphatic rings. The predicted molar refractivity (Wildman–Crippen MR) is 190 cm³/mol. The molecular formula is C39H51N3O7. The number of carbonyl (C=O) groups excluding carboxylic acids is 3. The number of ether oxygens (including phenoxy) is 3. The van der Waals surface area contributed by atoms with Crippen molar-refractivity contribution in [2.75, 3.05) is 43.2 Å². The van der Waals surface area contributed by atoms with Crippen LogP contribution in [0.5, 0.6) is 11.5 Å². The number of nitrogens with zero attached hydrogens (tertiary/aromatic N) is 3. The maximum absolute atomic E-state index is 15.1. The van der Waals surface area contributed by atoms with Gasteiger partial charge in [0.05, 0.1) is 43.8 Å². The van der Waals surface area contributed by atoms with Gasteiger partial charge in [-0.05, 0) is 80.6 Å². The van der Waals surface area contributed by atoms with Crippen LogP contribution in [0.4, 0.5) is 11.4 Å². The van der Waals surface area contributed by atoms with E-state index in [0.29, 0.717) is 42.3 Å². The van der Waals surface area contributed by atoms with Gasteiger partial charge in [0, 0.05) is 24.5 Å². The molecule has 3 amide bonds. The number of aliphatic hydroxyl groups excluding tert-OH is 1. The monoisotopic (exact) mass is 673 g/mol. The first kappa shape index (κ1) is 36.1. The molecule has 2 aromatic carbocycles. The van der Waals surface area contributed by atoms with Gasteiger partial charge in [0.15, 0.2) is 0 Å². The van der Waals surface area contributed by atoms with Gasteiger partial charge >= 0.3 is 0 Å². The van der Waals surface area contributed by atoms with E-state index in [1.54, 1.807) is 58.2 Å². The van der Waals surface area contributed by atoms with Gasteiger partial charge in [0.1, 0.15) is 23.1 Å². The van der Waals surface area contributed by atoms with Crippen LogP contribution in [0.3, 0.4) is 0 Å². The van der Waals surface area contributed by atoms with Crippen molar-refractivity contribution in [2.24, 2.45) is 23.7 Å². The van der Waals surface area contributed by atoms with Crippen LogP contribution in [0, 0.1) is 23.7 Å². The summed E-state index contributed by atoms with van der Waals surface area (Å²) in [5, 5.41) is 10.8. The molecule has 8 atom stereocenters. The van der Waals surface area contributed by atoms with Gasteiger partial charge in [-0.1, -0.05) is 39.3 Å². The molecule has 3 aliphatic heterocycles. The Morgan fingerprint density at radius 1 is 1.02 bits per heavy atom. The summed E-state index contributed by atoms with van der Waals surface area (Å²) in [7, 11) is 1.58. The highest BCUT2D eigenvalue weighted by Crippen LogP contribution is 2.66. The topological polar surface area (TPSA) is 109 Å². The first-order chi connectivity index (χ1) is 23.5. The molecule has 5 rings (SSSR count). The molecule has 1 N–H and O–H groups in total. The fourth-order valence-corrected chi connectivity index (χ4v) is 8.37. The lowest BCUT2D eigenvalue weighted by atomic mass is 9.62. The van der Waals surface area contributed by atoms with Crippen molar-refractivity contribution in [1.82, 2.24) is 4.90 Å². The van der Waals surface area contributed by atoms with Crippen LogP contribution in [-0.4, -0.2) is 84.4 Å². The number of likely N-dealkylation sites (tertiary alicyclic amines) is 1. The normalized spacial score (nSPS) is 28.1. The Bertz CT molecular complexity index is 1540. The Morgan fingerprint density at radius 2 is 1.57 bits per heavy atom. The minimum absolute atomic E-state index is 0.131. The Balaban J connectivity index is 1.65. The summed E-state index contributed by atoms with van der Waals surface area (Å²) in [5.41, 5.74) is -1.08. The maximum Gasteiger partial charge on any atom is 0.253 e. The third-order valence-corrected chi connectivity index (χ3v) is 11.1. The standard InChI is InChI=1S/C39H51N3O7/c1-9-21-40(27-15-19-30(20-16-27)48-12-4)35(44)32-33-36(45)42(31(24-43)25(5)11-3)34(39(33)23-26(6)38(32,7)49-39)37(46)41(22-10-2)28-13-17-29(47-8)18-14-28/h9-10,13-20,25-26,31-34,43H,1-2,11-12,21-24H2,3-8H3/t25-,26?,31-,32+,33-,34?,38-,39?/m0/s1. The van der Waals surface area contributed by atoms with E-state index in [9.17, 15) is 9.90 Å². The molecular weight excluding hydrogens is 622 g/mol. The zero-order valence-corrected chi connectivity index (χ0v) is 29.6. The van der Waals surface area contributed by atoms with Gasteiger partial charge in [-0.25, -0.2) is 0 Å². The minimum atomic E-state index is -1.30. The van der Waals surface area contributed by atoms with Crippen LogP contribution in [0.25, 0.3) is 0 Å². The number of carbonyl (C=O) groups is 3. The molecule has 3 unspecified atom stereocenters. The molecule has 2 bridgehead atoms. The number of hydrogen-bond donors (Lipinski definition) is 1.